The van der Waals surface area contributed by atoms with Crippen LogP contribution in [0.5, 0.6) is 0 Å². The van der Waals surface area contributed by atoms with E-state index in [9.17, 15) is 13.6 Å². The maximum Gasteiger partial charge on any atom is 0.438 e. The standard InChI is InChI=1S/C12H13F2N3O2/c1-12(6-15,10-16-11(18)19-17-10)5-7-2-3-8(13)9(14)4-7/h2-4H,5-6,15H2,1H3,(H,16,17,18). The van der Waals surface area contributed by atoms with Gasteiger partial charge in [-0.3, -0.25) is 9.51 Å². The van der Waals surface area contributed by atoms with Crippen molar-refractivity contribution in [3.63, 3.8) is 0 Å². The van der Waals surface area contributed by atoms with Crippen LogP contribution in [0, 0.1) is 11.6 Å². The molecule has 1 aromatic heterocycles. The number of nitrogens with zero attached hydrogens (tertiary/aromatic N) is 1. The normalized spacial score (nSPS) is 14.3. The van der Waals surface area contributed by atoms with E-state index < -0.39 is 22.8 Å². The smallest absolute Gasteiger partial charge is 0.329 e. The summed E-state index contributed by atoms with van der Waals surface area (Å²) in [6, 6.07) is 3.61. The highest BCUT2D eigenvalue weighted by molar-refractivity contribution is 5.22. The Morgan fingerprint density at radius 2 is 2.16 bits per heavy atom. The number of hydrogen-bond acceptors (Lipinski definition) is 4. The van der Waals surface area contributed by atoms with Crippen LogP contribution in [0.25, 0.3) is 0 Å². The van der Waals surface area contributed by atoms with Crippen LogP contribution in [0.1, 0.15) is 18.3 Å². The number of hydrogen-bond donors (Lipinski definition) is 2. The fourth-order valence-electron chi connectivity index (χ4n) is 1.84. The first-order chi connectivity index (χ1) is 8.94. The predicted octanol–water partition coefficient (Wildman–Crippen LogP) is 1.10. The molecule has 0 aliphatic heterocycles. The van der Waals surface area contributed by atoms with Crippen LogP contribution < -0.4 is 11.5 Å². The van der Waals surface area contributed by atoms with Crippen molar-refractivity contribution in [1.82, 2.24) is 10.1 Å². The lowest BCUT2D eigenvalue weighted by Crippen LogP contribution is -2.35. The lowest BCUT2D eigenvalue weighted by molar-refractivity contribution is 0.358. The molecule has 0 aliphatic rings. The second-order valence-electron chi connectivity index (χ2n) is 4.63. The average molecular weight is 269 g/mol. The Morgan fingerprint density at radius 1 is 1.42 bits per heavy atom. The summed E-state index contributed by atoms with van der Waals surface area (Å²) in [4.78, 5) is 13.4. The second kappa shape index (κ2) is 4.93. The Bertz CT molecular complexity index is 638. The van der Waals surface area contributed by atoms with Crippen molar-refractivity contribution in [3.8, 4) is 0 Å². The highest BCUT2D eigenvalue weighted by atomic mass is 19.2. The van der Waals surface area contributed by atoms with E-state index in [2.05, 4.69) is 14.7 Å². The van der Waals surface area contributed by atoms with Gasteiger partial charge in [0.25, 0.3) is 0 Å². The van der Waals surface area contributed by atoms with Gasteiger partial charge in [-0.2, -0.15) is 0 Å². The quantitative estimate of drug-likeness (QED) is 0.870. The molecule has 0 spiro atoms. The molecule has 3 N–H and O–H groups in total. The van der Waals surface area contributed by atoms with Gasteiger partial charge in [0.2, 0.25) is 0 Å². The Labute approximate surface area is 107 Å². The zero-order chi connectivity index (χ0) is 14.0. The highest BCUT2D eigenvalue weighted by Gasteiger charge is 2.30. The minimum Gasteiger partial charge on any atom is -0.329 e. The van der Waals surface area contributed by atoms with Crippen LogP contribution in [-0.2, 0) is 11.8 Å². The van der Waals surface area contributed by atoms with Crippen LogP contribution >= 0.6 is 0 Å². The summed E-state index contributed by atoms with van der Waals surface area (Å²) in [5, 5.41) is 3.60. The van der Waals surface area contributed by atoms with Crippen molar-refractivity contribution in [2.75, 3.05) is 6.54 Å². The predicted molar refractivity (Wildman–Crippen MR) is 63.6 cm³/mol. The van der Waals surface area contributed by atoms with Crippen molar-refractivity contribution >= 4 is 0 Å². The first-order valence-electron chi connectivity index (χ1n) is 5.65. The Balaban J connectivity index is 2.32. The summed E-state index contributed by atoms with van der Waals surface area (Å²) in [6.45, 7) is 1.91. The van der Waals surface area contributed by atoms with Gasteiger partial charge >= 0.3 is 5.76 Å². The van der Waals surface area contributed by atoms with Crippen molar-refractivity contribution in [1.29, 1.82) is 0 Å². The summed E-state index contributed by atoms with van der Waals surface area (Å²) in [5.74, 6) is -2.23. The van der Waals surface area contributed by atoms with Gasteiger partial charge in [-0.1, -0.05) is 18.1 Å². The van der Waals surface area contributed by atoms with Gasteiger partial charge in [0.05, 0.1) is 0 Å². The molecule has 7 heteroatoms. The lowest BCUT2D eigenvalue weighted by atomic mass is 9.83. The topological polar surface area (TPSA) is 84.9 Å². The van der Waals surface area contributed by atoms with E-state index in [0.29, 0.717) is 12.0 Å². The first-order valence-corrected chi connectivity index (χ1v) is 5.65. The van der Waals surface area contributed by atoms with Crippen LogP contribution in [0.15, 0.2) is 27.5 Å². The molecule has 102 valence electrons. The fourth-order valence-corrected chi connectivity index (χ4v) is 1.84. The molecular formula is C12H13F2N3O2. The number of nitrogens with one attached hydrogen (secondary N) is 1. The average Bonchev–Trinajstić information content (AvgIpc) is 2.81. The van der Waals surface area contributed by atoms with Crippen LogP contribution in [-0.4, -0.2) is 16.7 Å². The van der Waals surface area contributed by atoms with E-state index >= 15 is 0 Å². The third kappa shape index (κ3) is 2.70. The van der Waals surface area contributed by atoms with E-state index in [4.69, 9.17) is 5.73 Å². The molecular weight excluding hydrogens is 256 g/mol. The Kier molecular flexibility index (Phi) is 3.48. The van der Waals surface area contributed by atoms with Gasteiger partial charge < -0.3 is 5.73 Å². The summed E-state index contributed by atoms with van der Waals surface area (Å²) < 4.78 is 30.5. The lowest BCUT2D eigenvalue weighted by Gasteiger charge is -2.24. The molecule has 0 amide bonds. The van der Waals surface area contributed by atoms with Gasteiger partial charge in [0, 0.05) is 12.0 Å². The first kappa shape index (κ1) is 13.4. The SMILES string of the molecule is CC(CN)(Cc1ccc(F)c(F)c1)c1noc(=O)[nH]1. The van der Waals surface area contributed by atoms with Gasteiger partial charge in [-0.15, -0.1) is 0 Å². The Morgan fingerprint density at radius 3 is 2.68 bits per heavy atom. The third-order valence-electron chi connectivity index (χ3n) is 3.04. The van der Waals surface area contributed by atoms with Crippen LogP contribution in [0.3, 0.4) is 0 Å². The minimum atomic E-state index is -0.925. The summed E-state index contributed by atoms with van der Waals surface area (Å²) >= 11 is 0. The van der Waals surface area contributed by atoms with E-state index in [-0.39, 0.29) is 12.4 Å². The molecule has 0 aliphatic carbocycles. The number of aromatic nitrogens is 2. The second-order valence-corrected chi connectivity index (χ2v) is 4.63. The molecule has 1 aromatic carbocycles. The Hall–Kier alpha value is -2.02. The molecule has 1 unspecified atom stereocenters. The molecule has 19 heavy (non-hydrogen) atoms. The molecule has 0 saturated carbocycles. The molecule has 1 atom stereocenters. The summed E-state index contributed by atoms with van der Waals surface area (Å²) in [7, 11) is 0. The van der Waals surface area contributed by atoms with Crippen molar-refractivity contribution in [3.05, 3.63) is 51.8 Å². The fraction of sp³-hybridized carbons (Fsp3) is 0.333. The monoisotopic (exact) mass is 269 g/mol. The maximum atomic E-state index is 13.2. The van der Waals surface area contributed by atoms with Crippen LogP contribution in [0.2, 0.25) is 0 Å². The van der Waals surface area contributed by atoms with Gasteiger partial charge in [-0.25, -0.2) is 13.6 Å². The van der Waals surface area contributed by atoms with E-state index in [0.717, 1.165) is 12.1 Å². The number of aromatic amines is 1. The molecule has 0 bridgehead atoms. The van der Waals surface area contributed by atoms with E-state index in [1.807, 2.05) is 0 Å². The zero-order valence-electron chi connectivity index (χ0n) is 10.2. The molecule has 0 radical (unpaired) electrons. The third-order valence-corrected chi connectivity index (χ3v) is 3.04. The molecule has 0 fully saturated rings. The molecule has 2 aromatic rings. The van der Waals surface area contributed by atoms with Crippen molar-refractivity contribution in [2.45, 2.75) is 18.8 Å². The van der Waals surface area contributed by atoms with Crippen molar-refractivity contribution < 1.29 is 13.3 Å². The molecule has 5 nitrogen and oxygen atoms in total. The summed E-state index contributed by atoms with van der Waals surface area (Å²) in [5.41, 5.74) is 5.52. The summed E-state index contributed by atoms with van der Waals surface area (Å²) in [6.07, 6.45) is 0.295. The van der Waals surface area contributed by atoms with Crippen molar-refractivity contribution in [2.24, 2.45) is 5.73 Å². The highest BCUT2D eigenvalue weighted by Crippen LogP contribution is 2.24. The van der Waals surface area contributed by atoms with Gasteiger partial charge in [0.15, 0.2) is 17.5 Å². The molecule has 1 heterocycles. The van der Waals surface area contributed by atoms with E-state index in [1.54, 1.807) is 6.92 Å². The number of H-pyrrole nitrogens is 1. The molecule has 0 saturated heterocycles. The largest absolute Gasteiger partial charge is 0.438 e. The van der Waals surface area contributed by atoms with Gasteiger partial charge in [0.1, 0.15) is 0 Å². The van der Waals surface area contributed by atoms with E-state index in [1.165, 1.54) is 6.07 Å². The minimum absolute atomic E-state index is 0.161. The van der Waals surface area contributed by atoms with Gasteiger partial charge in [-0.05, 0) is 24.1 Å². The number of rotatable bonds is 4. The number of benzene rings is 1. The maximum absolute atomic E-state index is 13.2. The van der Waals surface area contributed by atoms with Crippen LogP contribution in [0.4, 0.5) is 8.78 Å². The number of halogens is 2. The zero-order valence-corrected chi connectivity index (χ0v) is 10.2. The molecule has 2 rings (SSSR count). The number of nitrogens with two attached hydrogens (primary N) is 1.